The van der Waals surface area contributed by atoms with Crippen molar-refractivity contribution < 1.29 is 19.4 Å². The van der Waals surface area contributed by atoms with Crippen molar-refractivity contribution in [3.63, 3.8) is 0 Å². The molecule has 0 aliphatic heterocycles. The fraction of sp³-hybridized carbons (Fsp3) is 0.600. The van der Waals surface area contributed by atoms with Gasteiger partial charge >= 0.3 is 12.2 Å². The maximum absolute atomic E-state index is 9.60. The molecular weight excluding hydrogens is 152 g/mol. The van der Waals surface area contributed by atoms with Crippen LogP contribution in [0, 0.1) is 0 Å². The van der Waals surface area contributed by atoms with Gasteiger partial charge in [0.25, 0.3) is 0 Å². The normalized spacial score (nSPS) is 7.09. The van der Waals surface area contributed by atoms with Gasteiger partial charge in [-0.2, -0.15) is 0 Å². The highest BCUT2D eigenvalue weighted by Crippen LogP contribution is 1.66. The second-order valence-corrected chi connectivity index (χ2v) is 1.31. The second-order valence-electron chi connectivity index (χ2n) is 1.31. The van der Waals surface area contributed by atoms with Crippen molar-refractivity contribution in [3.05, 3.63) is 0 Å². The van der Waals surface area contributed by atoms with Gasteiger partial charge in [0.05, 0.1) is 6.61 Å². The molecule has 4 N–H and O–H groups in total. The van der Waals surface area contributed by atoms with Crippen molar-refractivity contribution in [3.8, 4) is 0 Å². The fourth-order valence-electron chi connectivity index (χ4n) is 0.142. The van der Waals surface area contributed by atoms with Crippen molar-refractivity contribution in [2.75, 3.05) is 13.7 Å². The first-order valence-electron chi connectivity index (χ1n) is 2.87. The van der Waals surface area contributed by atoms with Crippen LogP contribution in [0.2, 0.25) is 0 Å². The zero-order chi connectivity index (χ0) is 9.28. The monoisotopic (exact) mass is 164 g/mol. The molecule has 2 amide bonds. The largest absolute Gasteiger partial charge is 0.465 e. The van der Waals surface area contributed by atoms with E-state index in [1.807, 2.05) is 5.32 Å². The van der Waals surface area contributed by atoms with Gasteiger partial charge in [0.2, 0.25) is 0 Å². The summed E-state index contributed by atoms with van der Waals surface area (Å²) in [6.07, 6.45) is -1.71. The minimum absolute atomic E-state index is 0.356. The van der Waals surface area contributed by atoms with Crippen LogP contribution < -0.4 is 11.1 Å². The number of rotatable bonds is 1. The van der Waals surface area contributed by atoms with Gasteiger partial charge in [-0.25, -0.2) is 9.59 Å². The van der Waals surface area contributed by atoms with E-state index < -0.39 is 12.2 Å². The molecule has 0 aromatic rings. The average Bonchev–Trinajstić information content (AvgIpc) is 1.89. The van der Waals surface area contributed by atoms with Crippen LogP contribution in [0.3, 0.4) is 0 Å². The van der Waals surface area contributed by atoms with Gasteiger partial charge in [0, 0.05) is 7.05 Å². The summed E-state index contributed by atoms with van der Waals surface area (Å²) >= 11 is 0. The van der Waals surface area contributed by atoms with Gasteiger partial charge in [0.1, 0.15) is 0 Å². The zero-order valence-corrected chi connectivity index (χ0v) is 6.46. The van der Waals surface area contributed by atoms with E-state index in [1.54, 1.807) is 6.92 Å². The van der Waals surface area contributed by atoms with Crippen molar-refractivity contribution in [2.24, 2.45) is 5.73 Å². The number of hydrogen-bond acceptors (Lipinski definition) is 3. The Hall–Kier alpha value is -1.46. The summed E-state index contributed by atoms with van der Waals surface area (Å²) in [5.74, 6) is 0. The van der Waals surface area contributed by atoms with Crippen molar-refractivity contribution in [1.82, 2.24) is 5.32 Å². The first kappa shape index (κ1) is 12.2. The summed E-state index contributed by atoms with van der Waals surface area (Å²) < 4.78 is 4.18. The highest BCUT2D eigenvalue weighted by Gasteiger charge is 1.82. The Balaban J connectivity index is 0. The predicted octanol–water partition coefficient (Wildman–Crippen LogP) is -0.0146. The summed E-state index contributed by atoms with van der Waals surface area (Å²) in [5, 5.41) is 9.56. The van der Waals surface area contributed by atoms with E-state index in [0.717, 1.165) is 0 Å². The molecule has 0 aromatic carbocycles. The summed E-state index contributed by atoms with van der Waals surface area (Å²) in [5.41, 5.74) is 4.54. The second kappa shape index (κ2) is 8.54. The van der Waals surface area contributed by atoms with E-state index in [1.165, 1.54) is 7.05 Å². The lowest BCUT2D eigenvalue weighted by Gasteiger charge is -1.89. The van der Waals surface area contributed by atoms with Crippen LogP contribution >= 0.6 is 0 Å². The van der Waals surface area contributed by atoms with Crippen LogP contribution in [0.1, 0.15) is 6.92 Å². The standard InChI is InChI=1S/C3H7NO2.C2H5NO2/c1-2-6-3(4)5;1-3-2(4)5/h2H2,1H3,(H2,4,5);3H,1H3,(H,4,5). The lowest BCUT2D eigenvalue weighted by molar-refractivity contribution is 0.163. The Morgan fingerprint density at radius 2 is 2.00 bits per heavy atom. The summed E-state index contributed by atoms with van der Waals surface area (Å²) in [6.45, 7) is 2.06. The van der Waals surface area contributed by atoms with Gasteiger partial charge in [-0.1, -0.05) is 0 Å². The SMILES string of the molecule is CCOC(N)=O.CNC(=O)O. The molecule has 0 unspecified atom stereocenters. The number of carbonyl (C=O) groups is 2. The number of carboxylic acid groups (broad SMARTS) is 1. The van der Waals surface area contributed by atoms with E-state index in [0.29, 0.717) is 6.61 Å². The van der Waals surface area contributed by atoms with E-state index in [9.17, 15) is 9.59 Å². The summed E-state index contributed by atoms with van der Waals surface area (Å²) in [4.78, 5) is 18.9. The molecular formula is C5H12N2O4. The van der Waals surface area contributed by atoms with Crippen molar-refractivity contribution in [1.29, 1.82) is 0 Å². The number of primary amides is 1. The van der Waals surface area contributed by atoms with Crippen LogP contribution in [0.15, 0.2) is 0 Å². The number of ether oxygens (including phenoxy) is 1. The third kappa shape index (κ3) is 29.1. The maximum Gasteiger partial charge on any atom is 0.404 e. The molecule has 66 valence electrons. The van der Waals surface area contributed by atoms with E-state index >= 15 is 0 Å². The summed E-state index contributed by atoms with van der Waals surface area (Å²) in [7, 11) is 1.35. The third-order valence-corrected chi connectivity index (χ3v) is 0.500. The number of hydrogen-bond donors (Lipinski definition) is 3. The molecule has 0 radical (unpaired) electrons. The number of amides is 2. The number of nitrogens with two attached hydrogens (primary N) is 1. The van der Waals surface area contributed by atoms with Crippen molar-refractivity contribution >= 4 is 12.2 Å². The molecule has 0 heterocycles. The molecule has 0 saturated carbocycles. The average molecular weight is 164 g/mol. The Morgan fingerprint density at radius 3 is 2.00 bits per heavy atom. The van der Waals surface area contributed by atoms with E-state index in [4.69, 9.17) is 5.11 Å². The molecule has 6 nitrogen and oxygen atoms in total. The smallest absolute Gasteiger partial charge is 0.404 e. The molecule has 0 atom stereocenters. The fourth-order valence-corrected chi connectivity index (χ4v) is 0.142. The van der Waals surface area contributed by atoms with E-state index in [2.05, 4.69) is 10.5 Å². The van der Waals surface area contributed by atoms with Gasteiger partial charge in [-0.3, -0.25) is 0 Å². The topological polar surface area (TPSA) is 102 Å². The molecule has 0 spiro atoms. The zero-order valence-electron chi connectivity index (χ0n) is 6.46. The van der Waals surface area contributed by atoms with Crippen LogP contribution in [0.5, 0.6) is 0 Å². The van der Waals surface area contributed by atoms with Crippen LogP contribution in [0.4, 0.5) is 9.59 Å². The van der Waals surface area contributed by atoms with Crippen LogP contribution in [0.25, 0.3) is 0 Å². The van der Waals surface area contributed by atoms with Gasteiger partial charge in [-0.05, 0) is 6.92 Å². The lowest BCUT2D eigenvalue weighted by Crippen LogP contribution is -2.13. The lowest BCUT2D eigenvalue weighted by atomic mass is 10.9. The first-order chi connectivity index (χ1) is 5.04. The number of carbonyl (C=O) groups excluding carboxylic acids is 1. The molecule has 0 bridgehead atoms. The third-order valence-electron chi connectivity index (χ3n) is 0.500. The van der Waals surface area contributed by atoms with Gasteiger partial charge < -0.3 is 20.9 Å². The molecule has 0 saturated heterocycles. The first-order valence-corrected chi connectivity index (χ1v) is 2.87. The van der Waals surface area contributed by atoms with Gasteiger partial charge in [-0.15, -0.1) is 0 Å². The van der Waals surface area contributed by atoms with Crippen LogP contribution in [-0.2, 0) is 4.74 Å². The van der Waals surface area contributed by atoms with E-state index in [-0.39, 0.29) is 0 Å². The predicted molar refractivity (Wildman–Crippen MR) is 38.3 cm³/mol. The maximum atomic E-state index is 9.60. The Morgan fingerprint density at radius 1 is 1.64 bits per heavy atom. The van der Waals surface area contributed by atoms with Crippen molar-refractivity contribution in [2.45, 2.75) is 6.92 Å². The quantitative estimate of drug-likeness (QED) is 0.507. The molecule has 11 heavy (non-hydrogen) atoms. The minimum Gasteiger partial charge on any atom is -0.465 e. The Bertz CT molecular complexity index is 126. The highest BCUT2D eigenvalue weighted by molar-refractivity contribution is 5.64. The van der Waals surface area contributed by atoms with Gasteiger partial charge in [0.15, 0.2) is 0 Å². The Labute approximate surface area is 64.3 Å². The molecule has 0 fully saturated rings. The molecule has 0 aromatic heterocycles. The molecule has 0 aliphatic carbocycles. The number of nitrogens with one attached hydrogen (secondary N) is 1. The minimum atomic E-state index is -0.995. The highest BCUT2D eigenvalue weighted by atomic mass is 16.5. The summed E-state index contributed by atoms with van der Waals surface area (Å²) in [6, 6.07) is 0. The Kier molecular flexibility index (Phi) is 9.50. The molecule has 6 heteroatoms. The van der Waals surface area contributed by atoms with Crippen LogP contribution in [-0.4, -0.2) is 30.9 Å². The molecule has 0 aliphatic rings. The molecule has 0 rings (SSSR count).